The predicted molar refractivity (Wildman–Crippen MR) is 240 cm³/mol. The van der Waals surface area contributed by atoms with Crippen LogP contribution >= 0.6 is 0 Å². The van der Waals surface area contributed by atoms with E-state index in [1.54, 1.807) is 41.4 Å². The zero-order valence-corrected chi connectivity index (χ0v) is 36.6. The van der Waals surface area contributed by atoms with Crippen LogP contribution in [0.3, 0.4) is 0 Å². The number of rotatable bonds is 13. The largest absolute Gasteiger partial charge is 0.507 e. The molecule has 4 aromatic heterocycles. The average Bonchev–Trinajstić information content (AvgIpc) is 3.69. The van der Waals surface area contributed by atoms with Gasteiger partial charge in [0.05, 0.1) is 17.3 Å². The summed E-state index contributed by atoms with van der Waals surface area (Å²) in [5.74, 6) is -0.201. The maximum absolute atomic E-state index is 14.6. The molecule has 2 aliphatic rings. The molecule has 0 bridgehead atoms. The molecule has 1 saturated heterocycles. The number of fused-ring (bicyclic) bond motifs is 2. The van der Waals surface area contributed by atoms with Crippen molar-refractivity contribution in [3.05, 3.63) is 123 Å². The van der Waals surface area contributed by atoms with E-state index in [-0.39, 0.29) is 41.0 Å². The minimum atomic E-state index is -0.681. The van der Waals surface area contributed by atoms with Crippen LogP contribution in [0.2, 0.25) is 0 Å². The van der Waals surface area contributed by atoms with Gasteiger partial charge < -0.3 is 19.1 Å². The van der Waals surface area contributed by atoms with Gasteiger partial charge in [-0.2, -0.15) is 0 Å². The topological polar surface area (TPSA) is 144 Å². The number of aromatic hydroxyl groups is 1. The van der Waals surface area contributed by atoms with Crippen molar-refractivity contribution in [2.24, 2.45) is 11.8 Å². The highest BCUT2D eigenvalue weighted by atomic mass is 19.1. The highest BCUT2D eigenvalue weighted by Crippen LogP contribution is 2.35. The summed E-state index contributed by atoms with van der Waals surface area (Å²) in [6, 6.07) is 16.6. The minimum Gasteiger partial charge on any atom is -0.507 e. The summed E-state index contributed by atoms with van der Waals surface area (Å²) in [6.07, 6.45) is 11.2. The second-order valence-electron chi connectivity index (χ2n) is 18.3. The first kappa shape index (κ1) is 44.4. The molecular weight excluding hydrogens is 821 g/mol. The molecule has 1 aliphatic heterocycles. The zero-order chi connectivity index (χ0) is 45.1. The van der Waals surface area contributed by atoms with Crippen LogP contribution in [-0.4, -0.2) is 82.1 Å². The van der Waals surface area contributed by atoms with Gasteiger partial charge in [0.25, 0.3) is 5.56 Å². The first-order valence-electron chi connectivity index (χ1n) is 22.3. The smallest absolute Gasteiger partial charge is 0.410 e. The number of Topliss-reactive ketones (excluding diaryl/α,β-unsaturated/α-hetero) is 1. The number of benzene rings is 2. The summed E-state index contributed by atoms with van der Waals surface area (Å²) < 4.78 is 37.7. The van der Waals surface area contributed by atoms with Crippen molar-refractivity contribution in [2.75, 3.05) is 26.2 Å². The van der Waals surface area contributed by atoms with E-state index in [4.69, 9.17) is 4.74 Å². The quantitative estimate of drug-likeness (QED) is 0.0892. The van der Waals surface area contributed by atoms with Crippen LogP contribution in [0.1, 0.15) is 94.6 Å². The summed E-state index contributed by atoms with van der Waals surface area (Å²) in [6.45, 7) is 8.73. The normalized spacial score (nSPS) is 17.3. The molecule has 336 valence electrons. The van der Waals surface area contributed by atoms with Gasteiger partial charge in [0.2, 0.25) is 0 Å². The van der Waals surface area contributed by atoms with Crippen LogP contribution in [-0.2, 0) is 17.8 Å². The number of hydrogen-bond acceptors (Lipinski definition) is 9. The van der Waals surface area contributed by atoms with E-state index in [0.717, 1.165) is 62.8 Å². The standard InChI is InChI=1S/C49H55F2N7O6/c1-49(2,3)64-48(63)55-23-21-54(22-24-55)29-34-15-17-39(43(60)25-34)35-8-6-9-38(26-35)58-45-40(27-37(51)28-52-45)46(61)57(47(58)62)20-19-33-13-11-32(12-14-33)7-4-5-10-42(59)41-31-56-30-36(50)16-18-44(56)53-41/h6,8-9,15-18,25-28,30-33,60H,4-5,7,10-14,19-24,29H2,1-3H3. The van der Waals surface area contributed by atoms with Crippen molar-refractivity contribution in [2.45, 2.75) is 97.2 Å². The van der Waals surface area contributed by atoms with Crippen molar-refractivity contribution in [1.29, 1.82) is 0 Å². The molecule has 2 aromatic carbocycles. The molecule has 13 nitrogen and oxygen atoms in total. The Morgan fingerprint density at radius 1 is 0.859 bits per heavy atom. The Bertz CT molecular complexity index is 2800. The molecule has 0 radical (unpaired) electrons. The number of carbonyl (C=O) groups excluding carboxylic acids is 2. The number of pyridine rings is 2. The van der Waals surface area contributed by atoms with Gasteiger partial charge in [0, 0.05) is 63.6 Å². The van der Waals surface area contributed by atoms with Crippen LogP contribution in [0.15, 0.2) is 88.8 Å². The number of imidazole rings is 1. The monoisotopic (exact) mass is 875 g/mol. The van der Waals surface area contributed by atoms with E-state index in [0.29, 0.717) is 85.6 Å². The highest BCUT2D eigenvalue weighted by molar-refractivity contribution is 5.94. The maximum Gasteiger partial charge on any atom is 0.410 e. The lowest BCUT2D eigenvalue weighted by molar-refractivity contribution is 0.0139. The molecule has 64 heavy (non-hydrogen) atoms. The lowest BCUT2D eigenvalue weighted by Crippen LogP contribution is -2.49. The van der Waals surface area contributed by atoms with Gasteiger partial charge in [0.1, 0.15) is 34.3 Å². The van der Waals surface area contributed by atoms with Crippen molar-refractivity contribution < 1.29 is 28.2 Å². The number of halogens is 2. The highest BCUT2D eigenvalue weighted by Gasteiger charge is 2.27. The maximum atomic E-state index is 14.6. The number of aromatic nitrogens is 5. The van der Waals surface area contributed by atoms with Crippen LogP contribution in [0.4, 0.5) is 13.6 Å². The molecule has 6 aromatic rings. The third kappa shape index (κ3) is 10.3. The van der Waals surface area contributed by atoms with Crippen molar-refractivity contribution >= 4 is 28.6 Å². The first-order chi connectivity index (χ1) is 30.7. The molecule has 1 N–H and O–H groups in total. The van der Waals surface area contributed by atoms with E-state index >= 15 is 0 Å². The van der Waals surface area contributed by atoms with E-state index in [1.807, 2.05) is 39.0 Å². The molecule has 0 unspecified atom stereocenters. The zero-order valence-electron chi connectivity index (χ0n) is 36.6. The number of phenolic OH excluding ortho intramolecular Hbond substituents is 1. The van der Waals surface area contributed by atoms with Crippen molar-refractivity contribution in [3.8, 4) is 22.6 Å². The Hall–Kier alpha value is -6.22. The Morgan fingerprint density at radius 3 is 2.34 bits per heavy atom. The van der Waals surface area contributed by atoms with Crippen molar-refractivity contribution in [3.63, 3.8) is 0 Å². The van der Waals surface area contributed by atoms with Gasteiger partial charge >= 0.3 is 11.8 Å². The lowest BCUT2D eigenvalue weighted by atomic mass is 9.78. The van der Waals surface area contributed by atoms with Gasteiger partial charge in [-0.05, 0) is 93.0 Å². The number of ether oxygens (including phenoxy) is 1. The minimum absolute atomic E-state index is 0.00130. The Labute approximate surface area is 369 Å². The molecule has 1 aliphatic carbocycles. The number of piperazine rings is 1. The molecule has 5 heterocycles. The molecule has 15 heteroatoms. The summed E-state index contributed by atoms with van der Waals surface area (Å²) >= 11 is 0. The molecular formula is C49H55F2N7O6. The second kappa shape index (κ2) is 18.9. The van der Waals surface area contributed by atoms with Crippen LogP contribution in [0.25, 0.3) is 33.5 Å². The average molecular weight is 876 g/mol. The Kier molecular flexibility index (Phi) is 13.1. The number of nitrogens with zero attached hydrogens (tertiary/aromatic N) is 7. The predicted octanol–water partition coefficient (Wildman–Crippen LogP) is 8.54. The van der Waals surface area contributed by atoms with E-state index in [9.17, 15) is 33.1 Å². The van der Waals surface area contributed by atoms with E-state index in [2.05, 4.69) is 14.9 Å². The van der Waals surface area contributed by atoms with Crippen molar-refractivity contribution in [1.82, 2.24) is 33.3 Å². The molecule has 1 amide bonds. The number of phenols is 1. The third-order valence-corrected chi connectivity index (χ3v) is 12.5. The van der Waals surface area contributed by atoms with Gasteiger partial charge in [-0.3, -0.25) is 19.1 Å². The van der Waals surface area contributed by atoms with E-state index < -0.39 is 22.7 Å². The number of ketones is 1. The van der Waals surface area contributed by atoms with Gasteiger partial charge in [0.15, 0.2) is 11.4 Å². The summed E-state index contributed by atoms with van der Waals surface area (Å²) in [5, 5.41) is 11.3. The van der Waals surface area contributed by atoms with Crippen LogP contribution in [0.5, 0.6) is 5.75 Å². The fourth-order valence-electron chi connectivity index (χ4n) is 9.11. The van der Waals surface area contributed by atoms with Gasteiger partial charge in [-0.25, -0.2) is 32.9 Å². The Morgan fingerprint density at radius 2 is 1.61 bits per heavy atom. The Balaban J connectivity index is 0.891. The molecule has 0 atom stereocenters. The third-order valence-electron chi connectivity index (χ3n) is 12.5. The lowest BCUT2D eigenvalue weighted by Gasteiger charge is -2.35. The molecule has 1 saturated carbocycles. The summed E-state index contributed by atoms with van der Waals surface area (Å²) in [7, 11) is 0. The fraction of sp³-hybridized carbons (Fsp3) is 0.429. The number of hydrogen-bond donors (Lipinski definition) is 1. The summed E-state index contributed by atoms with van der Waals surface area (Å²) in [4.78, 5) is 65.8. The molecule has 0 spiro atoms. The summed E-state index contributed by atoms with van der Waals surface area (Å²) in [5.41, 5.74) is 1.74. The number of unbranched alkanes of at least 4 members (excludes halogenated alkanes) is 1. The molecule has 2 fully saturated rings. The fourth-order valence-corrected chi connectivity index (χ4v) is 9.11. The van der Waals surface area contributed by atoms with Crippen LogP contribution in [0, 0.1) is 23.5 Å². The van der Waals surface area contributed by atoms with E-state index in [1.165, 1.54) is 25.8 Å². The number of amides is 1. The van der Waals surface area contributed by atoms with Crippen LogP contribution < -0.4 is 11.2 Å². The number of carbonyl (C=O) groups is 2. The SMILES string of the molecule is CC(C)(C)OC(=O)N1CCN(Cc2ccc(-c3cccc(-n4c(=O)n(CCC5CCC(CCCCC(=O)c6cn7cc(F)ccc7n6)CC5)c(=O)c5cc(F)cnc54)c3)c(O)c2)CC1. The first-order valence-corrected chi connectivity index (χ1v) is 22.3. The van der Waals surface area contributed by atoms with Gasteiger partial charge in [-0.1, -0.05) is 62.8 Å². The second-order valence-corrected chi connectivity index (χ2v) is 18.3. The van der Waals surface area contributed by atoms with Gasteiger partial charge in [-0.15, -0.1) is 0 Å². The molecule has 8 rings (SSSR count).